The van der Waals surface area contributed by atoms with E-state index in [1.54, 1.807) is 5.57 Å². The van der Waals surface area contributed by atoms with Crippen LogP contribution in [0.3, 0.4) is 0 Å². The minimum Gasteiger partial charge on any atom is -0.393 e. The van der Waals surface area contributed by atoms with Crippen LogP contribution in [0.25, 0.3) is 0 Å². The molecular weight excluding hydrogens is 364 g/mol. The van der Waals surface area contributed by atoms with Gasteiger partial charge in [0.05, 0.1) is 6.10 Å². The molecule has 4 aliphatic carbocycles. The van der Waals surface area contributed by atoms with Crippen LogP contribution in [0.5, 0.6) is 0 Å². The molecule has 0 aromatic heterocycles. The fourth-order valence-corrected chi connectivity index (χ4v) is 8.69. The molecule has 0 amide bonds. The lowest BCUT2D eigenvalue weighted by molar-refractivity contribution is -0.0772. The van der Waals surface area contributed by atoms with Gasteiger partial charge in [-0.25, -0.2) is 0 Å². The maximum absolute atomic E-state index is 10.5. The number of aliphatic hydroxyl groups is 1. The van der Waals surface area contributed by atoms with Gasteiger partial charge in [0.1, 0.15) is 0 Å². The van der Waals surface area contributed by atoms with Gasteiger partial charge in [-0.3, -0.25) is 0 Å². The summed E-state index contributed by atoms with van der Waals surface area (Å²) in [5.41, 5.74) is 4.34. The first-order chi connectivity index (χ1) is 14.1. The third-order valence-corrected chi connectivity index (χ3v) is 11.1. The van der Waals surface area contributed by atoms with Gasteiger partial charge in [0.15, 0.2) is 0 Å². The summed E-state index contributed by atoms with van der Waals surface area (Å²) in [5, 5.41) is 10.5. The van der Waals surface area contributed by atoms with Crippen molar-refractivity contribution in [1.29, 1.82) is 0 Å². The van der Waals surface area contributed by atoms with E-state index in [2.05, 4.69) is 60.6 Å². The number of aliphatic hydroxyl groups excluding tert-OH is 1. The summed E-state index contributed by atoms with van der Waals surface area (Å²) < 4.78 is 0. The lowest BCUT2D eigenvalue weighted by Gasteiger charge is -2.59. The molecule has 4 rings (SSSR count). The van der Waals surface area contributed by atoms with Gasteiger partial charge in [0.2, 0.25) is 0 Å². The van der Waals surface area contributed by atoms with Crippen molar-refractivity contribution in [3.8, 4) is 0 Å². The largest absolute Gasteiger partial charge is 0.393 e. The van der Waals surface area contributed by atoms with E-state index in [0.29, 0.717) is 28.6 Å². The Morgan fingerprint density at radius 1 is 1.07 bits per heavy atom. The van der Waals surface area contributed by atoms with E-state index in [1.165, 1.54) is 44.9 Å². The van der Waals surface area contributed by atoms with Crippen LogP contribution < -0.4 is 0 Å². The molecule has 3 saturated carbocycles. The Balaban J connectivity index is 1.55. The van der Waals surface area contributed by atoms with Crippen LogP contribution in [0, 0.1) is 52.3 Å². The minimum atomic E-state index is -0.0778. The van der Waals surface area contributed by atoms with Gasteiger partial charge in [-0.15, -0.1) is 0 Å². The van der Waals surface area contributed by atoms with Crippen molar-refractivity contribution >= 4 is 0 Å². The van der Waals surface area contributed by atoms with Gasteiger partial charge in [-0.05, 0) is 111 Å². The monoisotopic (exact) mass is 412 g/mol. The summed E-state index contributed by atoms with van der Waals surface area (Å²) in [5.74, 6) is 5.08. The zero-order valence-corrected chi connectivity index (χ0v) is 20.9. The van der Waals surface area contributed by atoms with E-state index in [9.17, 15) is 5.11 Å². The molecule has 1 N–H and O–H groups in total. The molecule has 9 atom stereocenters. The first kappa shape index (κ1) is 22.6. The van der Waals surface area contributed by atoms with Crippen LogP contribution in [0.2, 0.25) is 0 Å². The minimum absolute atomic E-state index is 0.0778. The van der Waals surface area contributed by atoms with Crippen molar-refractivity contribution in [2.24, 2.45) is 52.3 Å². The van der Waals surface area contributed by atoms with Crippen LogP contribution in [-0.2, 0) is 0 Å². The van der Waals surface area contributed by atoms with Crippen molar-refractivity contribution in [3.05, 3.63) is 23.3 Å². The van der Waals surface area contributed by atoms with Gasteiger partial charge in [0, 0.05) is 0 Å². The molecule has 0 unspecified atom stereocenters. The van der Waals surface area contributed by atoms with Gasteiger partial charge in [-0.2, -0.15) is 0 Å². The Morgan fingerprint density at radius 2 is 1.73 bits per heavy atom. The smallest absolute Gasteiger partial charge is 0.0568 e. The zero-order chi connectivity index (χ0) is 21.8. The summed E-state index contributed by atoms with van der Waals surface area (Å²) in [4.78, 5) is 0. The van der Waals surface area contributed by atoms with Crippen LogP contribution in [-0.4, -0.2) is 11.2 Å². The Morgan fingerprint density at radius 3 is 2.43 bits per heavy atom. The van der Waals surface area contributed by atoms with Crippen LogP contribution in [0.4, 0.5) is 0 Å². The molecule has 3 fully saturated rings. The highest BCUT2D eigenvalue weighted by Crippen LogP contribution is 2.67. The third-order valence-electron chi connectivity index (χ3n) is 11.1. The standard InChI is InChI=1S/C29H48O/c1-18(2)19(3)8-9-20(4)23-12-13-25-22-10-11-24-21(5)27(30)15-17-29(24,7)26(22)14-16-28(23,25)6/h8,10,18,20-21,23-27,30H,9,11-17H2,1-7H3/t20-,21+,23-,24+,25+,26+,27+,28-,29+/m1/s1. The number of hydrogen-bond donors (Lipinski definition) is 1. The van der Waals surface area contributed by atoms with E-state index in [-0.39, 0.29) is 6.10 Å². The fourth-order valence-electron chi connectivity index (χ4n) is 8.69. The van der Waals surface area contributed by atoms with Crippen molar-refractivity contribution in [2.45, 2.75) is 106 Å². The van der Waals surface area contributed by atoms with Crippen LogP contribution in [0.15, 0.2) is 23.3 Å². The molecule has 1 nitrogen and oxygen atoms in total. The Kier molecular flexibility index (Phi) is 6.10. The third kappa shape index (κ3) is 3.46. The molecule has 170 valence electrons. The molecule has 1 heteroatoms. The average Bonchev–Trinajstić information content (AvgIpc) is 3.06. The highest BCUT2D eigenvalue weighted by Gasteiger charge is 2.59. The molecule has 0 aromatic rings. The second kappa shape index (κ2) is 8.09. The first-order valence-electron chi connectivity index (χ1n) is 13.1. The van der Waals surface area contributed by atoms with E-state index in [4.69, 9.17) is 0 Å². The lowest BCUT2D eigenvalue weighted by atomic mass is 9.46. The number of allylic oxidation sites excluding steroid dienone is 4. The molecule has 0 bridgehead atoms. The second-order valence-electron chi connectivity index (χ2n) is 12.7. The summed E-state index contributed by atoms with van der Waals surface area (Å²) in [7, 11) is 0. The Bertz CT molecular complexity index is 701. The van der Waals surface area contributed by atoms with E-state index in [0.717, 1.165) is 30.1 Å². The summed E-state index contributed by atoms with van der Waals surface area (Å²) in [6.45, 7) is 17.1. The van der Waals surface area contributed by atoms with Crippen molar-refractivity contribution in [2.75, 3.05) is 0 Å². The second-order valence-corrected chi connectivity index (χ2v) is 12.7. The quantitative estimate of drug-likeness (QED) is 0.467. The van der Waals surface area contributed by atoms with E-state index >= 15 is 0 Å². The predicted molar refractivity (Wildman–Crippen MR) is 128 cm³/mol. The topological polar surface area (TPSA) is 20.2 Å². The SMILES string of the molecule is CC(=CC[C@@H](C)[C@H]1CC[C@H]2C3=CC[C@H]4[C@H](C)[C@@H](O)CC[C@]4(C)[C@H]3CC[C@]12C)C(C)C. The zero-order valence-electron chi connectivity index (χ0n) is 20.9. The highest BCUT2D eigenvalue weighted by atomic mass is 16.3. The maximum atomic E-state index is 10.5. The van der Waals surface area contributed by atoms with Gasteiger partial charge >= 0.3 is 0 Å². The Labute approximate surface area is 186 Å². The molecule has 30 heavy (non-hydrogen) atoms. The maximum Gasteiger partial charge on any atom is 0.0568 e. The van der Waals surface area contributed by atoms with Gasteiger partial charge < -0.3 is 5.11 Å². The van der Waals surface area contributed by atoms with E-state index < -0.39 is 0 Å². The van der Waals surface area contributed by atoms with Gasteiger partial charge in [-0.1, -0.05) is 64.8 Å². The molecule has 0 saturated heterocycles. The van der Waals surface area contributed by atoms with Crippen LogP contribution in [0.1, 0.15) is 99.8 Å². The summed E-state index contributed by atoms with van der Waals surface area (Å²) >= 11 is 0. The average molecular weight is 413 g/mol. The molecule has 0 aromatic carbocycles. The predicted octanol–water partition coefficient (Wildman–Crippen LogP) is 7.80. The summed E-state index contributed by atoms with van der Waals surface area (Å²) in [6.07, 6.45) is 15.5. The van der Waals surface area contributed by atoms with Crippen molar-refractivity contribution in [3.63, 3.8) is 0 Å². The number of fused-ring (bicyclic) bond motifs is 5. The van der Waals surface area contributed by atoms with E-state index in [1.807, 2.05) is 5.57 Å². The number of hydrogen-bond acceptors (Lipinski definition) is 1. The fraction of sp³-hybridized carbons (Fsp3) is 0.862. The summed E-state index contributed by atoms with van der Waals surface area (Å²) in [6, 6.07) is 0. The normalized spacial score (nSPS) is 47.4. The van der Waals surface area contributed by atoms with Crippen molar-refractivity contribution < 1.29 is 5.11 Å². The van der Waals surface area contributed by atoms with Crippen molar-refractivity contribution in [1.82, 2.24) is 0 Å². The highest BCUT2D eigenvalue weighted by molar-refractivity contribution is 5.28. The first-order valence-corrected chi connectivity index (χ1v) is 13.1. The van der Waals surface area contributed by atoms with Crippen LogP contribution >= 0.6 is 0 Å². The Hall–Kier alpha value is -0.560. The number of rotatable bonds is 4. The molecule has 0 aliphatic heterocycles. The molecule has 0 spiro atoms. The lowest BCUT2D eigenvalue weighted by Crippen LogP contribution is -2.52. The molecular formula is C29H48O. The molecule has 0 radical (unpaired) electrons. The molecule has 0 heterocycles. The molecule has 4 aliphatic rings. The van der Waals surface area contributed by atoms with Gasteiger partial charge in [0.25, 0.3) is 0 Å².